The van der Waals surface area contributed by atoms with Crippen LogP contribution in [0.3, 0.4) is 0 Å². The lowest BCUT2D eigenvalue weighted by Crippen LogP contribution is -2.04. The van der Waals surface area contributed by atoms with E-state index < -0.39 is 0 Å². The second kappa shape index (κ2) is 6.82. The first-order valence-electron chi connectivity index (χ1n) is 5.17. The average molecular weight is 188 g/mol. The van der Waals surface area contributed by atoms with Crippen LogP contribution < -0.4 is 0 Å². The molecule has 1 heteroatoms. The fourth-order valence-electron chi connectivity index (χ4n) is 1.58. The smallest absolute Gasteiger partial charge is 0.00721 e. The summed E-state index contributed by atoms with van der Waals surface area (Å²) in [6.45, 7) is 9.26. The van der Waals surface area contributed by atoms with E-state index in [9.17, 15) is 0 Å². The Hall–Kier alpha value is 0.350. The summed E-state index contributed by atoms with van der Waals surface area (Å²) >= 11 is 4.29. The zero-order valence-electron chi connectivity index (χ0n) is 9.01. The quantitative estimate of drug-likeness (QED) is 0.598. The van der Waals surface area contributed by atoms with Gasteiger partial charge in [0.2, 0.25) is 0 Å². The van der Waals surface area contributed by atoms with E-state index in [2.05, 4.69) is 40.3 Å². The van der Waals surface area contributed by atoms with Crippen molar-refractivity contribution in [2.24, 2.45) is 17.8 Å². The highest BCUT2D eigenvalue weighted by Crippen LogP contribution is 2.19. The monoisotopic (exact) mass is 188 g/mol. The van der Waals surface area contributed by atoms with Gasteiger partial charge in [-0.1, -0.05) is 34.1 Å². The van der Waals surface area contributed by atoms with Crippen molar-refractivity contribution in [3.05, 3.63) is 0 Å². The predicted molar refractivity (Wildman–Crippen MR) is 60.9 cm³/mol. The first-order chi connectivity index (χ1) is 5.56. The minimum absolute atomic E-state index is 0.794. The summed E-state index contributed by atoms with van der Waals surface area (Å²) in [5, 5.41) is 0. The van der Waals surface area contributed by atoms with Gasteiger partial charge in [-0.3, -0.25) is 0 Å². The molecule has 0 spiro atoms. The third-order valence-electron chi connectivity index (χ3n) is 2.34. The molecule has 74 valence electrons. The van der Waals surface area contributed by atoms with E-state index in [-0.39, 0.29) is 0 Å². The van der Waals surface area contributed by atoms with Gasteiger partial charge in [-0.25, -0.2) is 0 Å². The maximum absolute atomic E-state index is 4.29. The zero-order valence-corrected chi connectivity index (χ0v) is 9.90. The molecule has 0 aromatic rings. The summed E-state index contributed by atoms with van der Waals surface area (Å²) in [7, 11) is 0. The van der Waals surface area contributed by atoms with Crippen molar-refractivity contribution < 1.29 is 0 Å². The lowest BCUT2D eigenvalue weighted by molar-refractivity contribution is 0.382. The fraction of sp³-hybridized carbons (Fsp3) is 1.00. The molecule has 2 unspecified atom stereocenters. The molecule has 12 heavy (non-hydrogen) atoms. The second-order valence-corrected chi connectivity index (χ2v) is 4.96. The average Bonchev–Trinajstić information content (AvgIpc) is 1.99. The van der Waals surface area contributed by atoms with E-state index in [4.69, 9.17) is 0 Å². The number of thiol groups is 1. The van der Waals surface area contributed by atoms with Crippen molar-refractivity contribution in [1.29, 1.82) is 0 Å². The van der Waals surface area contributed by atoms with E-state index in [1.807, 2.05) is 0 Å². The van der Waals surface area contributed by atoms with Crippen molar-refractivity contribution in [3.63, 3.8) is 0 Å². The van der Waals surface area contributed by atoms with Crippen LogP contribution in [0.4, 0.5) is 0 Å². The fourth-order valence-corrected chi connectivity index (χ4v) is 1.77. The van der Waals surface area contributed by atoms with Gasteiger partial charge in [0.15, 0.2) is 0 Å². The van der Waals surface area contributed by atoms with Gasteiger partial charge in [-0.2, -0.15) is 12.6 Å². The van der Waals surface area contributed by atoms with Crippen molar-refractivity contribution >= 4 is 12.6 Å². The maximum atomic E-state index is 4.29. The van der Waals surface area contributed by atoms with Gasteiger partial charge in [0, 0.05) is 0 Å². The van der Waals surface area contributed by atoms with E-state index in [1.54, 1.807) is 0 Å². The van der Waals surface area contributed by atoms with Gasteiger partial charge in [0.25, 0.3) is 0 Å². The van der Waals surface area contributed by atoms with E-state index in [0.717, 1.165) is 23.5 Å². The minimum Gasteiger partial charge on any atom is -0.179 e. The molecule has 0 heterocycles. The Balaban J connectivity index is 3.36. The van der Waals surface area contributed by atoms with E-state index >= 15 is 0 Å². The predicted octanol–water partition coefficient (Wildman–Crippen LogP) is 4.01. The van der Waals surface area contributed by atoms with Crippen LogP contribution in [-0.2, 0) is 0 Å². The van der Waals surface area contributed by atoms with Crippen LogP contribution in [0.15, 0.2) is 0 Å². The van der Waals surface area contributed by atoms with Gasteiger partial charge < -0.3 is 0 Å². The van der Waals surface area contributed by atoms with Gasteiger partial charge in [-0.15, -0.1) is 0 Å². The normalized spacial score (nSPS) is 16.5. The van der Waals surface area contributed by atoms with E-state index in [1.165, 1.54) is 19.3 Å². The Morgan fingerprint density at radius 3 is 1.83 bits per heavy atom. The molecule has 2 atom stereocenters. The summed E-state index contributed by atoms with van der Waals surface area (Å²) in [6.07, 6.45) is 4.09. The van der Waals surface area contributed by atoms with Crippen LogP contribution >= 0.6 is 12.6 Å². The molecule has 0 nitrogen and oxygen atoms in total. The van der Waals surface area contributed by atoms with E-state index in [0.29, 0.717) is 0 Å². The molecule has 0 bridgehead atoms. The first kappa shape index (κ1) is 12.3. The molecule has 0 N–H and O–H groups in total. The molecular formula is C11H24S. The van der Waals surface area contributed by atoms with Crippen LogP contribution in [-0.4, -0.2) is 5.75 Å². The molecule has 0 radical (unpaired) electrons. The van der Waals surface area contributed by atoms with Gasteiger partial charge >= 0.3 is 0 Å². The van der Waals surface area contributed by atoms with Crippen molar-refractivity contribution in [2.45, 2.75) is 47.0 Å². The Morgan fingerprint density at radius 2 is 1.42 bits per heavy atom. The van der Waals surface area contributed by atoms with Crippen LogP contribution in [0, 0.1) is 17.8 Å². The topological polar surface area (TPSA) is 0 Å². The number of hydrogen-bond acceptors (Lipinski definition) is 1. The van der Waals surface area contributed by atoms with Gasteiger partial charge in [0.05, 0.1) is 0 Å². The molecule has 0 saturated carbocycles. The molecule has 0 aromatic carbocycles. The number of hydrogen-bond donors (Lipinski definition) is 1. The lowest BCUT2D eigenvalue weighted by atomic mass is 9.92. The SMILES string of the molecule is CC(C)CC(C)CCC(C)CS. The molecule has 0 aromatic heterocycles. The largest absolute Gasteiger partial charge is 0.179 e. The Morgan fingerprint density at radius 1 is 0.917 bits per heavy atom. The summed E-state index contributed by atoms with van der Waals surface area (Å²) in [4.78, 5) is 0. The summed E-state index contributed by atoms with van der Waals surface area (Å²) in [6, 6.07) is 0. The molecule has 0 rings (SSSR count). The third kappa shape index (κ3) is 7.02. The van der Waals surface area contributed by atoms with Crippen molar-refractivity contribution in [3.8, 4) is 0 Å². The molecule has 0 aliphatic carbocycles. The molecule has 0 aliphatic rings. The Labute approximate surface area is 83.5 Å². The van der Waals surface area contributed by atoms with Crippen LogP contribution in [0.1, 0.15) is 47.0 Å². The number of rotatable bonds is 6. The highest BCUT2D eigenvalue weighted by Gasteiger charge is 2.07. The molecule has 0 fully saturated rings. The molecule has 0 saturated heterocycles. The van der Waals surface area contributed by atoms with Crippen LogP contribution in [0.5, 0.6) is 0 Å². The Bertz CT molecular complexity index is 99.2. The van der Waals surface area contributed by atoms with Crippen LogP contribution in [0.2, 0.25) is 0 Å². The minimum atomic E-state index is 0.794. The maximum Gasteiger partial charge on any atom is -0.00721 e. The summed E-state index contributed by atoms with van der Waals surface area (Å²) < 4.78 is 0. The lowest BCUT2D eigenvalue weighted by Gasteiger charge is -2.15. The highest BCUT2D eigenvalue weighted by molar-refractivity contribution is 7.80. The van der Waals surface area contributed by atoms with Crippen LogP contribution in [0.25, 0.3) is 0 Å². The highest BCUT2D eigenvalue weighted by atomic mass is 32.1. The third-order valence-corrected chi connectivity index (χ3v) is 2.96. The molecule has 0 amide bonds. The Kier molecular flexibility index (Phi) is 7.02. The standard InChI is InChI=1S/C11H24S/c1-9(2)7-10(3)5-6-11(4)8-12/h9-12H,5-8H2,1-4H3. The van der Waals surface area contributed by atoms with Crippen molar-refractivity contribution in [2.75, 3.05) is 5.75 Å². The van der Waals surface area contributed by atoms with Crippen molar-refractivity contribution in [1.82, 2.24) is 0 Å². The van der Waals surface area contributed by atoms with Gasteiger partial charge in [-0.05, 0) is 36.3 Å². The molecule has 0 aliphatic heterocycles. The zero-order chi connectivity index (χ0) is 9.56. The first-order valence-corrected chi connectivity index (χ1v) is 5.80. The van der Waals surface area contributed by atoms with Gasteiger partial charge in [0.1, 0.15) is 0 Å². The summed E-state index contributed by atoms with van der Waals surface area (Å²) in [5.41, 5.74) is 0. The second-order valence-electron chi connectivity index (χ2n) is 4.60. The summed E-state index contributed by atoms with van der Waals surface area (Å²) in [5.74, 6) is 3.58. The molecular weight excluding hydrogens is 164 g/mol.